The quantitative estimate of drug-likeness (QED) is 0.0241. The summed E-state index contributed by atoms with van der Waals surface area (Å²) in [6, 6.07) is 37.1. The molecule has 0 aliphatic carbocycles. The van der Waals surface area contributed by atoms with Crippen molar-refractivity contribution in [3.8, 4) is 45.3 Å². The predicted molar refractivity (Wildman–Crippen MR) is 236 cm³/mol. The van der Waals surface area contributed by atoms with Gasteiger partial charge in [0.1, 0.15) is 23.0 Å². The summed E-state index contributed by atoms with van der Waals surface area (Å²) in [5.41, 5.74) is 4.82. The zero-order valence-electron chi connectivity index (χ0n) is 33.9. The molecule has 0 fully saturated rings. The second-order valence-electron chi connectivity index (χ2n) is 14.6. The zero-order valence-corrected chi connectivity index (χ0v) is 33.9. The average molecular weight is 779 g/mol. The van der Waals surface area contributed by atoms with E-state index in [1.54, 1.807) is 42.5 Å². The fourth-order valence-corrected chi connectivity index (χ4v) is 6.59. The lowest BCUT2D eigenvalue weighted by Gasteiger charge is -2.10. The first kappa shape index (κ1) is 43.2. The molecule has 5 aromatic carbocycles. The number of hydrogen-bond acceptors (Lipinski definition) is 6. The minimum atomic E-state index is -0.508. The Bertz CT molecular complexity index is 1840. The number of rotatable bonds is 26. The summed E-state index contributed by atoms with van der Waals surface area (Å²) in [7, 11) is 0. The molecule has 0 bridgehead atoms. The first-order valence-corrected chi connectivity index (χ1v) is 21.0. The van der Waals surface area contributed by atoms with E-state index in [9.17, 15) is 9.59 Å². The van der Waals surface area contributed by atoms with Crippen molar-refractivity contribution in [3.63, 3.8) is 0 Å². The molecule has 6 nitrogen and oxygen atoms in total. The van der Waals surface area contributed by atoms with Crippen molar-refractivity contribution in [2.75, 3.05) is 13.2 Å². The molecule has 5 rings (SSSR count). The van der Waals surface area contributed by atoms with Crippen LogP contribution in [0.1, 0.15) is 111 Å². The molecule has 0 spiro atoms. The molecule has 302 valence electrons. The molecule has 0 aliphatic rings. The van der Waals surface area contributed by atoms with Crippen molar-refractivity contribution < 1.29 is 28.5 Å². The molecular weight excluding hydrogens is 721 g/mol. The number of unbranched alkanes of at least 4 members (excludes halogenated alkanes) is 12. The molecular formula is C52H58O6. The topological polar surface area (TPSA) is 71.1 Å². The van der Waals surface area contributed by atoms with Gasteiger partial charge in [-0.25, -0.2) is 9.59 Å². The Balaban J connectivity index is 1.03. The molecule has 0 heterocycles. The molecule has 6 heteroatoms. The number of esters is 2. The van der Waals surface area contributed by atoms with Crippen LogP contribution in [0.4, 0.5) is 0 Å². The monoisotopic (exact) mass is 778 g/mol. The molecule has 0 saturated heterocycles. The summed E-state index contributed by atoms with van der Waals surface area (Å²) in [5.74, 6) is 1.24. The normalized spacial score (nSPS) is 10.8. The van der Waals surface area contributed by atoms with Crippen LogP contribution in [0.2, 0.25) is 0 Å². The molecule has 0 atom stereocenters. The third-order valence-corrected chi connectivity index (χ3v) is 9.99. The van der Waals surface area contributed by atoms with E-state index in [2.05, 4.69) is 13.2 Å². The Kier molecular flexibility index (Phi) is 18.4. The highest BCUT2D eigenvalue weighted by atomic mass is 16.5. The van der Waals surface area contributed by atoms with E-state index in [1.807, 2.05) is 84.9 Å². The van der Waals surface area contributed by atoms with Crippen LogP contribution in [-0.4, -0.2) is 25.2 Å². The van der Waals surface area contributed by atoms with Gasteiger partial charge in [0.25, 0.3) is 0 Å². The molecule has 0 aromatic heterocycles. The molecule has 0 N–H and O–H groups in total. The lowest BCUT2D eigenvalue weighted by atomic mass is 10.0. The Morgan fingerprint density at radius 1 is 0.397 bits per heavy atom. The third-order valence-electron chi connectivity index (χ3n) is 9.99. The standard InChI is InChI=1S/C52H58O6/c1-3-5-7-9-11-13-15-17-38-55-47-34-30-43(31-35-47)41-22-26-45(27-23-41)51(53)57-49-20-19-21-50(40-49)58-52(54)46-28-24-42(25-29-46)44-32-36-48(37-33-44)56-39-18-16-14-12-10-8-6-4-2/h3-4,19-37,40H,1-2,5-18,38-39H2. The maximum absolute atomic E-state index is 13.0. The van der Waals surface area contributed by atoms with Crippen LogP contribution in [0.25, 0.3) is 22.3 Å². The zero-order chi connectivity index (χ0) is 40.6. The number of carbonyl (C=O) groups is 2. The van der Waals surface area contributed by atoms with Gasteiger partial charge in [0.2, 0.25) is 0 Å². The van der Waals surface area contributed by atoms with Gasteiger partial charge < -0.3 is 18.9 Å². The van der Waals surface area contributed by atoms with E-state index in [4.69, 9.17) is 18.9 Å². The number of allylic oxidation sites excluding steroid dienone is 2. The van der Waals surface area contributed by atoms with E-state index in [1.165, 1.54) is 70.3 Å². The van der Waals surface area contributed by atoms with Gasteiger partial charge in [0.15, 0.2) is 0 Å². The van der Waals surface area contributed by atoms with Crippen LogP contribution >= 0.6 is 0 Å². The average Bonchev–Trinajstić information content (AvgIpc) is 3.26. The van der Waals surface area contributed by atoms with Crippen molar-refractivity contribution >= 4 is 11.9 Å². The van der Waals surface area contributed by atoms with Gasteiger partial charge in [0.05, 0.1) is 24.3 Å². The van der Waals surface area contributed by atoms with E-state index in [-0.39, 0.29) is 11.5 Å². The second kappa shape index (κ2) is 24.7. The molecule has 5 aromatic rings. The summed E-state index contributed by atoms with van der Waals surface area (Å²) in [6.07, 6.45) is 20.7. The van der Waals surface area contributed by atoms with Gasteiger partial charge in [0, 0.05) is 6.07 Å². The molecule has 0 radical (unpaired) electrons. The highest BCUT2D eigenvalue weighted by Gasteiger charge is 2.13. The minimum absolute atomic E-state index is 0.274. The fraction of sp³-hybridized carbons (Fsp3) is 0.308. The highest BCUT2D eigenvalue weighted by Crippen LogP contribution is 2.27. The molecule has 0 aliphatic heterocycles. The maximum Gasteiger partial charge on any atom is 0.343 e. The summed E-state index contributed by atoms with van der Waals surface area (Å²) in [5, 5.41) is 0. The summed E-state index contributed by atoms with van der Waals surface area (Å²) in [6.45, 7) is 8.99. The third kappa shape index (κ3) is 14.9. The van der Waals surface area contributed by atoms with E-state index < -0.39 is 11.9 Å². The summed E-state index contributed by atoms with van der Waals surface area (Å²) < 4.78 is 23.2. The highest BCUT2D eigenvalue weighted by molar-refractivity contribution is 5.93. The predicted octanol–water partition coefficient (Wildman–Crippen LogP) is 14.0. The smallest absolute Gasteiger partial charge is 0.343 e. The van der Waals surface area contributed by atoms with Gasteiger partial charge in [-0.3, -0.25) is 0 Å². The second-order valence-corrected chi connectivity index (χ2v) is 14.6. The molecule has 58 heavy (non-hydrogen) atoms. The minimum Gasteiger partial charge on any atom is -0.494 e. The Hall–Kier alpha value is -5.88. The van der Waals surface area contributed by atoms with Crippen molar-refractivity contribution in [1.82, 2.24) is 0 Å². The van der Waals surface area contributed by atoms with E-state index in [0.29, 0.717) is 24.3 Å². The van der Waals surface area contributed by atoms with Gasteiger partial charge in [-0.2, -0.15) is 0 Å². The van der Waals surface area contributed by atoms with Gasteiger partial charge in [-0.15, -0.1) is 13.2 Å². The van der Waals surface area contributed by atoms with Crippen LogP contribution in [0.3, 0.4) is 0 Å². The maximum atomic E-state index is 13.0. The van der Waals surface area contributed by atoms with E-state index in [0.717, 1.165) is 59.4 Å². The van der Waals surface area contributed by atoms with Gasteiger partial charge in [-0.1, -0.05) is 118 Å². The van der Waals surface area contributed by atoms with Crippen molar-refractivity contribution in [2.24, 2.45) is 0 Å². The van der Waals surface area contributed by atoms with Crippen LogP contribution in [-0.2, 0) is 0 Å². The SMILES string of the molecule is C=CCCCCCCCCOc1ccc(-c2ccc(C(=O)Oc3cccc(OC(=O)c4ccc(-c5ccc(OCCCCCCCCC=C)cc5)cc4)c3)cc2)cc1. The van der Waals surface area contributed by atoms with Gasteiger partial charge in [-0.05, 0) is 121 Å². The first-order valence-electron chi connectivity index (χ1n) is 21.0. The molecule has 0 saturated carbocycles. The van der Waals surface area contributed by atoms with Crippen LogP contribution in [0.15, 0.2) is 147 Å². The first-order chi connectivity index (χ1) is 28.5. The van der Waals surface area contributed by atoms with Crippen LogP contribution < -0.4 is 18.9 Å². The molecule has 0 unspecified atom stereocenters. The molecule has 0 amide bonds. The van der Waals surface area contributed by atoms with E-state index >= 15 is 0 Å². The van der Waals surface area contributed by atoms with Crippen LogP contribution in [0, 0.1) is 0 Å². The largest absolute Gasteiger partial charge is 0.494 e. The van der Waals surface area contributed by atoms with Crippen LogP contribution in [0.5, 0.6) is 23.0 Å². The fourth-order valence-electron chi connectivity index (χ4n) is 6.59. The lowest BCUT2D eigenvalue weighted by Crippen LogP contribution is -2.10. The lowest BCUT2D eigenvalue weighted by molar-refractivity contribution is 0.0733. The Morgan fingerprint density at radius 2 is 0.724 bits per heavy atom. The number of benzene rings is 5. The van der Waals surface area contributed by atoms with Crippen molar-refractivity contribution in [3.05, 3.63) is 158 Å². The van der Waals surface area contributed by atoms with Crippen molar-refractivity contribution in [1.29, 1.82) is 0 Å². The van der Waals surface area contributed by atoms with Gasteiger partial charge >= 0.3 is 11.9 Å². The Labute approximate surface area is 345 Å². The van der Waals surface area contributed by atoms with Crippen molar-refractivity contribution in [2.45, 2.75) is 89.9 Å². The number of hydrogen-bond donors (Lipinski definition) is 0. The Morgan fingerprint density at radius 3 is 1.09 bits per heavy atom. The number of carbonyl (C=O) groups excluding carboxylic acids is 2. The summed E-state index contributed by atoms with van der Waals surface area (Å²) >= 11 is 0. The summed E-state index contributed by atoms with van der Waals surface area (Å²) in [4.78, 5) is 26.0. The number of ether oxygens (including phenoxy) is 4.